The van der Waals surface area contributed by atoms with E-state index in [-0.39, 0.29) is 4.90 Å². The Morgan fingerprint density at radius 1 is 1.15 bits per heavy atom. The molecule has 0 amide bonds. The monoisotopic (exact) mass is 294 g/mol. The van der Waals surface area contributed by atoms with E-state index in [1.165, 1.54) is 12.1 Å². The largest absolute Gasteiger partial charge is 0.480 e. The van der Waals surface area contributed by atoms with Crippen LogP contribution in [0.1, 0.15) is 0 Å². The van der Waals surface area contributed by atoms with E-state index >= 15 is 0 Å². The van der Waals surface area contributed by atoms with Crippen molar-refractivity contribution in [3.63, 3.8) is 0 Å². The SMILES string of the molecule is Nc1ccc(S(=O)(=O)C[C@H](N)C(=O)O)c2ccccc12. The van der Waals surface area contributed by atoms with Crippen molar-refractivity contribution >= 4 is 32.3 Å². The van der Waals surface area contributed by atoms with Gasteiger partial charge < -0.3 is 16.6 Å². The van der Waals surface area contributed by atoms with Gasteiger partial charge in [0, 0.05) is 16.5 Å². The van der Waals surface area contributed by atoms with Crippen molar-refractivity contribution in [2.75, 3.05) is 11.5 Å². The zero-order valence-corrected chi connectivity index (χ0v) is 11.3. The lowest BCUT2D eigenvalue weighted by Crippen LogP contribution is -2.37. The first-order valence-electron chi connectivity index (χ1n) is 5.81. The summed E-state index contributed by atoms with van der Waals surface area (Å²) in [4.78, 5) is 10.8. The number of benzene rings is 2. The van der Waals surface area contributed by atoms with E-state index in [0.717, 1.165) is 0 Å². The molecule has 0 aliphatic carbocycles. The average Bonchev–Trinajstić information content (AvgIpc) is 2.38. The first-order chi connectivity index (χ1) is 9.33. The summed E-state index contributed by atoms with van der Waals surface area (Å²) in [7, 11) is -3.81. The number of carbonyl (C=O) groups is 1. The number of hydrogen-bond donors (Lipinski definition) is 3. The van der Waals surface area contributed by atoms with Crippen LogP contribution in [-0.4, -0.2) is 31.3 Å². The van der Waals surface area contributed by atoms with Crippen molar-refractivity contribution in [2.24, 2.45) is 5.73 Å². The highest BCUT2D eigenvalue weighted by Crippen LogP contribution is 2.28. The van der Waals surface area contributed by atoms with Crippen LogP contribution in [0.4, 0.5) is 5.69 Å². The Morgan fingerprint density at radius 3 is 2.35 bits per heavy atom. The normalized spacial score (nSPS) is 13.2. The fraction of sp³-hybridized carbons (Fsp3) is 0.154. The van der Waals surface area contributed by atoms with Crippen LogP contribution in [0.2, 0.25) is 0 Å². The van der Waals surface area contributed by atoms with Crippen molar-refractivity contribution < 1.29 is 18.3 Å². The van der Waals surface area contributed by atoms with Gasteiger partial charge in [0.15, 0.2) is 9.84 Å². The summed E-state index contributed by atoms with van der Waals surface area (Å²) < 4.78 is 24.6. The molecule has 0 spiro atoms. The lowest BCUT2D eigenvalue weighted by atomic mass is 10.1. The maximum atomic E-state index is 12.3. The van der Waals surface area contributed by atoms with Gasteiger partial charge in [0.2, 0.25) is 0 Å². The number of anilines is 1. The zero-order valence-electron chi connectivity index (χ0n) is 10.5. The molecule has 1 atom stereocenters. The molecule has 5 N–H and O–H groups in total. The molecule has 6 nitrogen and oxygen atoms in total. The molecule has 0 unspecified atom stereocenters. The highest BCUT2D eigenvalue weighted by atomic mass is 32.2. The van der Waals surface area contributed by atoms with E-state index in [1.54, 1.807) is 24.3 Å². The minimum absolute atomic E-state index is 0.0407. The number of aliphatic carboxylic acids is 1. The number of rotatable bonds is 4. The predicted octanol–water partition coefficient (Wildman–Crippen LogP) is 0.608. The number of nitrogen functional groups attached to an aromatic ring is 1. The molecule has 0 fully saturated rings. The Balaban J connectivity index is 2.58. The van der Waals surface area contributed by atoms with E-state index in [4.69, 9.17) is 16.6 Å². The van der Waals surface area contributed by atoms with E-state index in [1.807, 2.05) is 0 Å². The third-order valence-corrected chi connectivity index (χ3v) is 4.79. The highest BCUT2D eigenvalue weighted by Gasteiger charge is 2.25. The molecule has 0 aromatic heterocycles. The predicted molar refractivity (Wildman–Crippen MR) is 76.0 cm³/mol. The summed E-state index contributed by atoms with van der Waals surface area (Å²) in [5, 5.41) is 9.81. The van der Waals surface area contributed by atoms with Crippen molar-refractivity contribution in [2.45, 2.75) is 10.9 Å². The first-order valence-corrected chi connectivity index (χ1v) is 7.46. The topological polar surface area (TPSA) is 123 Å². The van der Waals surface area contributed by atoms with Gasteiger partial charge in [-0.15, -0.1) is 0 Å². The molecule has 0 bridgehead atoms. The molecule has 0 saturated heterocycles. The van der Waals surface area contributed by atoms with Crippen LogP contribution >= 0.6 is 0 Å². The van der Waals surface area contributed by atoms with Gasteiger partial charge in [0.1, 0.15) is 6.04 Å². The second kappa shape index (κ2) is 5.10. The third kappa shape index (κ3) is 2.59. The standard InChI is InChI=1S/C13H14N2O4S/c14-10-5-6-12(9-4-2-1-3-8(9)10)20(18,19)7-11(15)13(16)17/h1-6,11H,7,14-15H2,(H,16,17)/t11-/m0/s1. The molecule has 0 aliphatic heterocycles. The van der Waals surface area contributed by atoms with E-state index in [2.05, 4.69) is 0 Å². The van der Waals surface area contributed by atoms with Gasteiger partial charge >= 0.3 is 5.97 Å². The maximum absolute atomic E-state index is 12.3. The number of carboxylic acids is 1. The van der Waals surface area contributed by atoms with Crippen LogP contribution in [0.15, 0.2) is 41.3 Å². The second-order valence-corrected chi connectivity index (χ2v) is 6.43. The lowest BCUT2D eigenvalue weighted by molar-refractivity contribution is -0.137. The summed E-state index contributed by atoms with van der Waals surface area (Å²) in [5.74, 6) is -2.01. The van der Waals surface area contributed by atoms with Crippen LogP contribution in [0.5, 0.6) is 0 Å². The molecular weight excluding hydrogens is 280 g/mol. The smallest absolute Gasteiger partial charge is 0.321 e. The third-order valence-electron chi connectivity index (χ3n) is 2.97. The molecule has 0 heterocycles. The second-order valence-electron chi connectivity index (χ2n) is 4.42. The molecule has 20 heavy (non-hydrogen) atoms. The van der Waals surface area contributed by atoms with E-state index in [9.17, 15) is 13.2 Å². The van der Waals surface area contributed by atoms with Gasteiger partial charge in [-0.25, -0.2) is 8.42 Å². The quantitative estimate of drug-likeness (QED) is 0.710. The van der Waals surface area contributed by atoms with Gasteiger partial charge in [-0.2, -0.15) is 0 Å². The van der Waals surface area contributed by atoms with Crippen LogP contribution < -0.4 is 11.5 Å². The highest BCUT2D eigenvalue weighted by molar-refractivity contribution is 7.91. The Bertz CT molecular complexity index is 771. The van der Waals surface area contributed by atoms with Crippen LogP contribution in [0, 0.1) is 0 Å². The Labute approximate surface area is 115 Å². The van der Waals surface area contributed by atoms with Gasteiger partial charge in [0.05, 0.1) is 10.6 Å². The van der Waals surface area contributed by atoms with Crippen molar-refractivity contribution in [3.05, 3.63) is 36.4 Å². The molecule has 2 rings (SSSR count). The van der Waals surface area contributed by atoms with Crippen molar-refractivity contribution in [1.82, 2.24) is 0 Å². The lowest BCUT2D eigenvalue weighted by Gasteiger charge is -2.11. The molecule has 2 aromatic rings. The summed E-state index contributed by atoms with van der Waals surface area (Å²) in [5.41, 5.74) is 11.6. The first kappa shape index (κ1) is 14.3. The minimum atomic E-state index is -3.81. The van der Waals surface area contributed by atoms with E-state index in [0.29, 0.717) is 16.5 Å². The molecule has 7 heteroatoms. The molecule has 0 aliphatic rings. The fourth-order valence-electron chi connectivity index (χ4n) is 1.96. The molecular formula is C13H14N2O4S. The molecule has 2 aromatic carbocycles. The number of nitrogens with two attached hydrogens (primary N) is 2. The molecule has 106 valence electrons. The molecule has 0 saturated carbocycles. The summed E-state index contributed by atoms with van der Waals surface area (Å²) in [6.07, 6.45) is 0. The zero-order chi connectivity index (χ0) is 14.9. The minimum Gasteiger partial charge on any atom is -0.480 e. The number of sulfone groups is 1. The van der Waals surface area contributed by atoms with Crippen LogP contribution in [-0.2, 0) is 14.6 Å². The number of carboxylic acid groups (broad SMARTS) is 1. The molecule has 0 radical (unpaired) electrons. The van der Waals surface area contributed by atoms with Crippen molar-refractivity contribution in [3.8, 4) is 0 Å². The van der Waals surface area contributed by atoms with Crippen LogP contribution in [0.3, 0.4) is 0 Å². The van der Waals surface area contributed by atoms with Gasteiger partial charge in [-0.3, -0.25) is 4.79 Å². The Hall–Kier alpha value is -2.12. The van der Waals surface area contributed by atoms with Gasteiger partial charge in [0.25, 0.3) is 0 Å². The number of hydrogen-bond acceptors (Lipinski definition) is 5. The maximum Gasteiger partial charge on any atom is 0.321 e. The van der Waals surface area contributed by atoms with Gasteiger partial charge in [-0.1, -0.05) is 24.3 Å². The summed E-state index contributed by atoms with van der Waals surface area (Å²) in [6.45, 7) is 0. The van der Waals surface area contributed by atoms with Gasteiger partial charge in [-0.05, 0) is 12.1 Å². The van der Waals surface area contributed by atoms with E-state index < -0.39 is 27.6 Å². The average molecular weight is 294 g/mol. The Kier molecular flexibility index (Phi) is 3.65. The fourth-order valence-corrected chi connectivity index (χ4v) is 3.55. The summed E-state index contributed by atoms with van der Waals surface area (Å²) >= 11 is 0. The number of fused-ring (bicyclic) bond motifs is 1. The Morgan fingerprint density at radius 2 is 1.75 bits per heavy atom. The van der Waals surface area contributed by atoms with Crippen molar-refractivity contribution in [1.29, 1.82) is 0 Å². The summed E-state index contributed by atoms with van der Waals surface area (Å²) in [6, 6.07) is 8.18. The van der Waals surface area contributed by atoms with Crippen LogP contribution in [0.25, 0.3) is 10.8 Å².